The van der Waals surface area contributed by atoms with E-state index in [4.69, 9.17) is 14.7 Å². The lowest BCUT2D eigenvalue weighted by Crippen LogP contribution is -2.59. The van der Waals surface area contributed by atoms with Crippen molar-refractivity contribution in [2.75, 3.05) is 55.7 Å². The fourth-order valence-corrected chi connectivity index (χ4v) is 7.82. The molecule has 1 amide bonds. The first-order chi connectivity index (χ1) is 22.2. The number of rotatable bonds is 8. The van der Waals surface area contributed by atoms with Crippen LogP contribution in [0.15, 0.2) is 30.3 Å². The van der Waals surface area contributed by atoms with Gasteiger partial charge in [-0.25, -0.2) is 9.18 Å². The Bertz CT molecular complexity index is 1680. The maximum atomic E-state index is 14.7. The van der Waals surface area contributed by atoms with Crippen LogP contribution in [0.2, 0.25) is 0 Å². The fraction of sp³-hybridized carbons (Fsp3) is 0.543. The van der Waals surface area contributed by atoms with Gasteiger partial charge in [-0.1, -0.05) is 18.2 Å². The fourth-order valence-electron chi connectivity index (χ4n) is 7.82. The lowest BCUT2D eigenvalue weighted by atomic mass is 9.98. The molecule has 2 aromatic carbocycles. The number of aromatic nitrogens is 2. The molecule has 0 bridgehead atoms. The van der Waals surface area contributed by atoms with Gasteiger partial charge in [0.2, 0.25) is 0 Å². The summed E-state index contributed by atoms with van der Waals surface area (Å²) in [6.45, 7) is 9.67. The highest BCUT2D eigenvalue weighted by atomic mass is 19.1. The number of nitrogens with zero attached hydrogens (tertiary/aromatic N) is 7. The molecular weight excluding hydrogens is 585 g/mol. The number of halogens is 1. The van der Waals surface area contributed by atoms with E-state index in [1.807, 2.05) is 38.1 Å². The molecule has 0 spiro atoms. The lowest BCUT2D eigenvalue weighted by Gasteiger charge is -2.45. The smallest absolute Gasteiger partial charge is 0.407 e. The molecule has 7 rings (SSSR count). The summed E-state index contributed by atoms with van der Waals surface area (Å²) in [5, 5.41) is 21.4. The van der Waals surface area contributed by atoms with Gasteiger partial charge in [-0.3, -0.25) is 4.90 Å². The Labute approximate surface area is 269 Å². The van der Waals surface area contributed by atoms with Gasteiger partial charge >= 0.3 is 12.1 Å². The van der Waals surface area contributed by atoms with E-state index >= 15 is 0 Å². The van der Waals surface area contributed by atoms with Crippen LogP contribution in [0.25, 0.3) is 10.8 Å². The summed E-state index contributed by atoms with van der Waals surface area (Å²) in [6.07, 6.45) is 4.56. The zero-order valence-corrected chi connectivity index (χ0v) is 26.7. The van der Waals surface area contributed by atoms with Gasteiger partial charge in [0, 0.05) is 48.2 Å². The monoisotopic (exact) mass is 627 g/mol. The molecule has 3 aromatic rings. The number of fused-ring (bicyclic) bond motifs is 2. The van der Waals surface area contributed by atoms with Crippen molar-refractivity contribution in [1.82, 2.24) is 19.8 Å². The minimum Gasteiger partial charge on any atom is -0.465 e. The van der Waals surface area contributed by atoms with Crippen molar-refractivity contribution in [2.24, 2.45) is 5.41 Å². The van der Waals surface area contributed by atoms with Crippen molar-refractivity contribution in [3.63, 3.8) is 0 Å². The van der Waals surface area contributed by atoms with Gasteiger partial charge in [-0.15, -0.1) is 0 Å². The molecule has 10 nitrogen and oxygen atoms in total. The van der Waals surface area contributed by atoms with Crippen molar-refractivity contribution in [3.8, 4) is 12.1 Å². The predicted molar refractivity (Wildman–Crippen MR) is 174 cm³/mol. The number of ether oxygens (including phenoxy) is 1. The molecule has 1 saturated carbocycles. The molecule has 3 aliphatic heterocycles. The van der Waals surface area contributed by atoms with Crippen LogP contribution in [-0.4, -0.2) is 88.9 Å². The number of piperazine rings is 1. The van der Waals surface area contributed by atoms with E-state index in [1.54, 1.807) is 0 Å². The molecule has 0 radical (unpaired) electrons. The number of likely N-dealkylation sites (tertiary alicyclic amines) is 1. The Kier molecular flexibility index (Phi) is 8.09. The van der Waals surface area contributed by atoms with Gasteiger partial charge in [0.05, 0.1) is 43.4 Å². The molecule has 3 fully saturated rings. The number of carboxylic acid groups (broad SMARTS) is 1. The van der Waals surface area contributed by atoms with Gasteiger partial charge in [0.1, 0.15) is 11.6 Å². The minimum absolute atomic E-state index is 0.105. The van der Waals surface area contributed by atoms with Crippen LogP contribution in [0.1, 0.15) is 55.8 Å². The topological polar surface area (TPSA) is 109 Å². The van der Waals surface area contributed by atoms with Crippen molar-refractivity contribution in [1.29, 1.82) is 5.26 Å². The molecule has 0 unspecified atom stereocenters. The summed E-state index contributed by atoms with van der Waals surface area (Å²) in [4.78, 5) is 30.5. The Balaban J connectivity index is 1.22. The minimum atomic E-state index is -1.01. The SMILES string of the molecule is Cc1c(F)ccc2cccc(N3CCc4c(nc(OCC5(CN6CCCC6)CC5)nc4N4C[C@H](CC#N)N(C(=O)O)[C@H](C)C4)C3)c12. The number of aryl methyl sites for hydroxylation is 1. The van der Waals surface area contributed by atoms with Gasteiger partial charge in [0.25, 0.3) is 0 Å². The third-order valence-corrected chi connectivity index (χ3v) is 10.4. The zero-order valence-electron chi connectivity index (χ0n) is 26.7. The average Bonchev–Trinajstić information content (AvgIpc) is 3.61. The van der Waals surface area contributed by atoms with E-state index in [2.05, 4.69) is 20.8 Å². The Morgan fingerprint density at radius 2 is 1.93 bits per heavy atom. The number of anilines is 2. The zero-order chi connectivity index (χ0) is 32.0. The first-order valence-corrected chi connectivity index (χ1v) is 16.6. The van der Waals surface area contributed by atoms with Crippen LogP contribution in [-0.2, 0) is 13.0 Å². The first kappa shape index (κ1) is 30.5. The molecule has 4 heterocycles. The molecule has 2 saturated heterocycles. The lowest BCUT2D eigenvalue weighted by molar-refractivity contribution is 0.0937. The van der Waals surface area contributed by atoms with E-state index in [1.165, 1.54) is 23.8 Å². The van der Waals surface area contributed by atoms with E-state index < -0.39 is 12.1 Å². The average molecular weight is 628 g/mol. The van der Waals surface area contributed by atoms with Gasteiger partial charge in [0.15, 0.2) is 0 Å². The van der Waals surface area contributed by atoms with Crippen LogP contribution in [0.5, 0.6) is 6.01 Å². The summed E-state index contributed by atoms with van der Waals surface area (Å²) < 4.78 is 21.2. The van der Waals surface area contributed by atoms with Crippen molar-refractivity contribution < 1.29 is 19.0 Å². The third-order valence-electron chi connectivity index (χ3n) is 10.4. The van der Waals surface area contributed by atoms with Crippen molar-refractivity contribution in [3.05, 3.63) is 53.0 Å². The van der Waals surface area contributed by atoms with E-state index in [0.29, 0.717) is 50.8 Å². The molecule has 46 heavy (non-hydrogen) atoms. The first-order valence-electron chi connectivity index (χ1n) is 16.6. The van der Waals surface area contributed by atoms with Crippen LogP contribution in [0, 0.1) is 29.5 Å². The number of benzene rings is 2. The van der Waals surface area contributed by atoms with Crippen LogP contribution in [0.3, 0.4) is 0 Å². The predicted octanol–water partition coefficient (Wildman–Crippen LogP) is 5.37. The Morgan fingerprint density at radius 1 is 1.13 bits per heavy atom. The second-order valence-electron chi connectivity index (χ2n) is 13.7. The number of carbonyl (C=O) groups is 1. The standard InChI is InChI=1S/C35H42FN7O3/c1-23-18-42(19-26(10-14-37)43(23)34(44)45)32-27-11-17-41(30-7-5-6-25-8-9-28(36)24(2)31(25)30)20-29(27)38-33(39-32)46-22-35(12-13-35)21-40-15-3-4-16-40/h5-9,23,26H,3-4,10-13,15-22H2,1-2H3,(H,44,45)/t23-,26+/m1/s1. The van der Waals surface area contributed by atoms with Crippen LogP contribution in [0.4, 0.5) is 20.7 Å². The molecule has 1 N–H and O–H groups in total. The van der Waals surface area contributed by atoms with Crippen molar-refractivity contribution >= 4 is 28.4 Å². The van der Waals surface area contributed by atoms with E-state index in [9.17, 15) is 19.6 Å². The summed E-state index contributed by atoms with van der Waals surface area (Å²) in [6, 6.07) is 11.2. The summed E-state index contributed by atoms with van der Waals surface area (Å²) in [5.74, 6) is 0.547. The number of amides is 1. The van der Waals surface area contributed by atoms with Gasteiger partial charge in [-0.05, 0) is 82.1 Å². The molecule has 2 atom stereocenters. The highest BCUT2D eigenvalue weighted by molar-refractivity contribution is 5.97. The number of hydrogen-bond donors (Lipinski definition) is 1. The normalized spacial score (nSPS) is 22.5. The van der Waals surface area contributed by atoms with Gasteiger partial charge < -0.3 is 24.5 Å². The van der Waals surface area contributed by atoms with E-state index in [-0.39, 0.29) is 23.7 Å². The second kappa shape index (κ2) is 12.2. The summed E-state index contributed by atoms with van der Waals surface area (Å²) in [7, 11) is 0. The van der Waals surface area contributed by atoms with Crippen LogP contribution < -0.4 is 14.5 Å². The maximum Gasteiger partial charge on any atom is 0.407 e. The molecule has 1 aromatic heterocycles. The van der Waals surface area contributed by atoms with Gasteiger partial charge in [-0.2, -0.15) is 15.2 Å². The Hall–Kier alpha value is -4.17. The maximum absolute atomic E-state index is 14.7. The largest absolute Gasteiger partial charge is 0.465 e. The molecule has 4 aliphatic rings. The highest BCUT2D eigenvalue weighted by Gasteiger charge is 2.45. The summed E-state index contributed by atoms with van der Waals surface area (Å²) in [5.41, 5.74) is 3.64. The van der Waals surface area contributed by atoms with Crippen molar-refractivity contribution in [2.45, 2.75) is 71.0 Å². The number of nitriles is 1. The quantitative estimate of drug-likeness (QED) is 0.353. The number of hydrogen-bond acceptors (Lipinski definition) is 8. The molecule has 11 heteroatoms. The molecule has 1 aliphatic carbocycles. The van der Waals surface area contributed by atoms with E-state index in [0.717, 1.165) is 66.0 Å². The molecular formula is C35H42FN7O3. The summed E-state index contributed by atoms with van der Waals surface area (Å²) >= 11 is 0. The second-order valence-corrected chi connectivity index (χ2v) is 13.7. The van der Waals surface area contributed by atoms with Crippen LogP contribution >= 0.6 is 0 Å². The Morgan fingerprint density at radius 3 is 2.67 bits per heavy atom. The highest BCUT2D eigenvalue weighted by Crippen LogP contribution is 2.47. The molecule has 242 valence electrons. The third kappa shape index (κ3) is 5.79.